The van der Waals surface area contributed by atoms with E-state index in [-0.39, 0.29) is 11.9 Å². The molecule has 0 saturated heterocycles. The summed E-state index contributed by atoms with van der Waals surface area (Å²) in [4.78, 5) is 12.0. The predicted molar refractivity (Wildman–Crippen MR) is 77.3 cm³/mol. The van der Waals surface area contributed by atoms with Crippen molar-refractivity contribution < 1.29 is 4.79 Å². The van der Waals surface area contributed by atoms with E-state index in [0.29, 0.717) is 12.3 Å². The molecule has 1 rings (SSSR count). The molecule has 0 aromatic heterocycles. The Hall–Kier alpha value is -0.730. The molecule has 1 aromatic rings. The highest BCUT2D eigenvalue weighted by molar-refractivity contribution is 6.31. The first-order valence-electron chi connectivity index (χ1n) is 5.97. The number of alkyl halides is 1. The van der Waals surface area contributed by atoms with Gasteiger partial charge in [-0.1, -0.05) is 29.8 Å². The zero-order valence-corrected chi connectivity index (χ0v) is 12.5. The van der Waals surface area contributed by atoms with Crippen molar-refractivity contribution in [1.29, 1.82) is 0 Å². The van der Waals surface area contributed by atoms with Crippen LogP contribution in [0, 0.1) is 5.41 Å². The van der Waals surface area contributed by atoms with Crippen molar-refractivity contribution in [3.63, 3.8) is 0 Å². The van der Waals surface area contributed by atoms with Crippen LogP contribution in [0.25, 0.3) is 0 Å². The number of halogens is 2. The van der Waals surface area contributed by atoms with Crippen LogP contribution in [0.2, 0.25) is 5.02 Å². The molecule has 0 fully saturated rings. The minimum absolute atomic E-state index is 0.0277. The Morgan fingerprint density at radius 2 is 2.00 bits per heavy atom. The molecular weight excluding hydrogens is 269 g/mol. The van der Waals surface area contributed by atoms with Gasteiger partial charge in [-0.25, -0.2) is 0 Å². The van der Waals surface area contributed by atoms with Gasteiger partial charge in [0.2, 0.25) is 5.91 Å². The van der Waals surface area contributed by atoms with Gasteiger partial charge in [0, 0.05) is 16.9 Å². The zero-order valence-electron chi connectivity index (χ0n) is 11.0. The number of rotatable bonds is 5. The average Bonchev–Trinajstić information content (AvgIpc) is 2.32. The normalized spacial score (nSPS) is 13.2. The number of hydrogen-bond acceptors (Lipinski definition) is 1. The van der Waals surface area contributed by atoms with Crippen molar-refractivity contribution in [3.8, 4) is 0 Å². The summed E-state index contributed by atoms with van der Waals surface area (Å²) in [5.74, 6) is 0.273. The van der Waals surface area contributed by atoms with Crippen molar-refractivity contribution in [2.75, 3.05) is 5.88 Å². The average molecular weight is 288 g/mol. The first kappa shape index (κ1) is 15.3. The molecule has 18 heavy (non-hydrogen) atoms. The lowest BCUT2D eigenvalue weighted by Gasteiger charge is -2.24. The van der Waals surface area contributed by atoms with E-state index < -0.39 is 5.41 Å². The largest absolute Gasteiger partial charge is 0.353 e. The molecule has 0 aliphatic carbocycles. The van der Waals surface area contributed by atoms with Gasteiger partial charge in [-0.3, -0.25) is 4.79 Å². The molecule has 4 heteroatoms. The smallest absolute Gasteiger partial charge is 0.227 e. The fraction of sp³-hybridized carbons (Fsp3) is 0.500. The molecule has 1 atom stereocenters. The van der Waals surface area contributed by atoms with E-state index in [2.05, 4.69) is 5.32 Å². The first-order valence-corrected chi connectivity index (χ1v) is 6.88. The van der Waals surface area contributed by atoms with Crippen molar-refractivity contribution in [3.05, 3.63) is 34.9 Å². The minimum Gasteiger partial charge on any atom is -0.353 e. The van der Waals surface area contributed by atoms with Gasteiger partial charge in [0.05, 0.1) is 5.41 Å². The highest BCUT2D eigenvalue weighted by atomic mass is 35.5. The van der Waals surface area contributed by atoms with Crippen molar-refractivity contribution in [2.45, 2.75) is 33.2 Å². The predicted octanol–water partition coefficient (Wildman–Crippen LogP) is 3.65. The Morgan fingerprint density at radius 3 is 2.56 bits per heavy atom. The van der Waals surface area contributed by atoms with Gasteiger partial charge >= 0.3 is 0 Å². The molecule has 1 amide bonds. The maximum absolute atomic E-state index is 12.0. The van der Waals surface area contributed by atoms with E-state index >= 15 is 0 Å². The Morgan fingerprint density at radius 1 is 1.39 bits per heavy atom. The van der Waals surface area contributed by atoms with Crippen molar-refractivity contribution >= 4 is 29.1 Å². The maximum atomic E-state index is 12.0. The third-order valence-electron chi connectivity index (χ3n) is 2.81. The van der Waals surface area contributed by atoms with Crippen LogP contribution >= 0.6 is 23.2 Å². The standard InChI is InChI=1S/C14H19Cl2NO/c1-10(17-13(18)14(2,3)9-15)8-11-6-4-5-7-12(11)16/h4-7,10H,8-9H2,1-3H3,(H,17,18). The van der Waals surface area contributed by atoms with Crippen LogP contribution in [0.5, 0.6) is 0 Å². The summed E-state index contributed by atoms with van der Waals surface area (Å²) in [7, 11) is 0. The van der Waals surface area contributed by atoms with Gasteiger partial charge < -0.3 is 5.32 Å². The number of carbonyl (C=O) groups is 1. The van der Waals surface area contributed by atoms with Gasteiger partial charge in [0.15, 0.2) is 0 Å². The van der Waals surface area contributed by atoms with Crippen LogP contribution in [-0.2, 0) is 11.2 Å². The Labute approximate surface area is 119 Å². The monoisotopic (exact) mass is 287 g/mol. The minimum atomic E-state index is -0.545. The molecule has 100 valence electrons. The zero-order chi connectivity index (χ0) is 13.8. The van der Waals surface area contributed by atoms with E-state index in [1.54, 1.807) is 0 Å². The summed E-state index contributed by atoms with van der Waals surface area (Å²) in [6.45, 7) is 5.63. The van der Waals surface area contributed by atoms with Gasteiger partial charge in [-0.15, -0.1) is 11.6 Å². The Bertz CT molecular complexity index is 418. The number of nitrogens with one attached hydrogen (secondary N) is 1. The van der Waals surface area contributed by atoms with E-state index in [4.69, 9.17) is 23.2 Å². The molecule has 1 aromatic carbocycles. The summed E-state index contributed by atoms with van der Waals surface area (Å²) in [5.41, 5.74) is 0.492. The van der Waals surface area contributed by atoms with E-state index in [0.717, 1.165) is 10.6 Å². The third kappa shape index (κ3) is 4.18. The number of amides is 1. The first-order chi connectivity index (χ1) is 8.36. The summed E-state index contributed by atoms with van der Waals surface area (Å²) in [6, 6.07) is 7.69. The second-order valence-electron chi connectivity index (χ2n) is 5.19. The fourth-order valence-corrected chi connectivity index (χ4v) is 1.86. The third-order valence-corrected chi connectivity index (χ3v) is 3.85. The summed E-state index contributed by atoms with van der Waals surface area (Å²) in [5, 5.41) is 3.70. The summed E-state index contributed by atoms with van der Waals surface area (Å²) >= 11 is 11.9. The van der Waals surface area contributed by atoms with Crippen molar-refractivity contribution in [1.82, 2.24) is 5.32 Å². The maximum Gasteiger partial charge on any atom is 0.227 e. The van der Waals surface area contributed by atoms with E-state index in [9.17, 15) is 4.79 Å². The van der Waals surface area contributed by atoms with Crippen LogP contribution in [0.3, 0.4) is 0 Å². The number of carbonyl (C=O) groups excluding carboxylic acids is 1. The highest BCUT2D eigenvalue weighted by Gasteiger charge is 2.27. The van der Waals surface area contributed by atoms with Gasteiger partial charge in [0.25, 0.3) is 0 Å². The molecule has 1 N–H and O–H groups in total. The molecule has 0 bridgehead atoms. The van der Waals surface area contributed by atoms with Crippen LogP contribution in [0.15, 0.2) is 24.3 Å². The van der Waals surface area contributed by atoms with Gasteiger partial charge in [-0.05, 0) is 38.8 Å². The molecule has 1 unspecified atom stereocenters. The fourth-order valence-electron chi connectivity index (χ4n) is 1.52. The molecular formula is C14H19Cl2NO. The Kier molecular flexibility index (Phi) is 5.48. The van der Waals surface area contributed by atoms with Crippen LogP contribution < -0.4 is 5.32 Å². The molecule has 0 aliphatic rings. The molecule has 0 saturated carbocycles. The van der Waals surface area contributed by atoms with Gasteiger partial charge in [-0.2, -0.15) is 0 Å². The molecule has 0 aliphatic heterocycles. The number of benzene rings is 1. The Balaban J connectivity index is 2.60. The molecule has 0 radical (unpaired) electrons. The molecule has 0 spiro atoms. The summed E-state index contributed by atoms with van der Waals surface area (Å²) < 4.78 is 0. The van der Waals surface area contributed by atoms with E-state index in [1.165, 1.54) is 0 Å². The van der Waals surface area contributed by atoms with E-state index in [1.807, 2.05) is 45.0 Å². The molecule has 2 nitrogen and oxygen atoms in total. The van der Waals surface area contributed by atoms with Crippen LogP contribution in [0.1, 0.15) is 26.3 Å². The topological polar surface area (TPSA) is 29.1 Å². The lowest BCUT2D eigenvalue weighted by molar-refractivity contribution is -0.128. The van der Waals surface area contributed by atoms with Crippen LogP contribution in [-0.4, -0.2) is 17.8 Å². The SMILES string of the molecule is CC(Cc1ccccc1Cl)NC(=O)C(C)(C)CCl. The highest BCUT2D eigenvalue weighted by Crippen LogP contribution is 2.19. The van der Waals surface area contributed by atoms with Crippen molar-refractivity contribution in [2.24, 2.45) is 5.41 Å². The lowest BCUT2D eigenvalue weighted by atomic mass is 9.94. The van der Waals surface area contributed by atoms with Gasteiger partial charge in [0.1, 0.15) is 0 Å². The summed E-state index contributed by atoms with van der Waals surface area (Å²) in [6.07, 6.45) is 0.712. The lowest BCUT2D eigenvalue weighted by Crippen LogP contribution is -2.43. The second-order valence-corrected chi connectivity index (χ2v) is 5.86. The second kappa shape index (κ2) is 6.44. The molecule has 0 heterocycles. The quantitative estimate of drug-likeness (QED) is 0.823. The number of hydrogen-bond donors (Lipinski definition) is 1. The van der Waals surface area contributed by atoms with Crippen LogP contribution in [0.4, 0.5) is 0 Å².